The molecule has 2 N–H and O–H groups in total. The third-order valence-electron chi connectivity index (χ3n) is 4.89. The number of imidazole rings is 1. The SMILES string of the molecule is Cc1nc2ccccc2n1CCNC(=O)C(NC(=O)c1ccc(Cl)cc1Cl)C(C)C. The van der Waals surface area contributed by atoms with Gasteiger partial charge in [-0.05, 0) is 43.2 Å². The number of benzene rings is 2. The minimum Gasteiger partial charge on any atom is -0.353 e. The van der Waals surface area contributed by atoms with Gasteiger partial charge in [-0.1, -0.05) is 49.2 Å². The van der Waals surface area contributed by atoms with Gasteiger partial charge in [-0.2, -0.15) is 0 Å². The number of halogens is 2. The first-order chi connectivity index (χ1) is 14.3. The van der Waals surface area contributed by atoms with Crippen molar-refractivity contribution in [2.45, 2.75) is 33.4 Å². The van der Waals surface area contributed by atoms with E-state index in [-0.39, 0.29) is 22.4 Å². The van der Waals surface area contributed by atoms with E-state index in [1.807, 2.05) is 45.0 Å². The predicted octanol–water partition coefficient (Wildman–Crippen LogP) is 4.22. The molecule has 0 aliphatic carbocycles. The Morgan fingerprint density at radius 1 is 1.13 bits per heavy atom. The predicted molar refractivity (Wildman–Crippen MR) is 120 cm³/mol. The van der Waals surface area contributed by atoms with Gasteiger partial charge in [0.15, 0.2) is 0 Å². The molecule has 158 valence electrons. The van der Waals surface area contributed by atoms with E-state index in [2.05, 4.69) is 20.2 Å². The van der Waals surface area contributed by atoms with Crippen LogP contribution in [0.15, 0.2) is 42.5 Å². The van der Waals surface area contributed by atoms with E-state index in [0.717, 1.165) is 16.9 Å². The van der Waals surface area contributed by atoms with Gasteiger partial charge in [0.05, 0.1) is 21.6 Å². The first kappa shape index (κ1) is 22.1. The van der Waals surface area contributed by atoms with Crippen LogP contribution in [0.2, 0.25) is 10.0 Å². The van der Waals surface area contributed by atoms with Gasteiger partial charge < -0.3 is 15.2 Å². The summed E-state index contributed by atoms with van der Waals surface area (Å²) < 4.78 is 2.06. The largest absolute Gasteiger partial charge is 0.353 e. The second-order valence-corrected chi connectivity index (χ2v) is 8.25. The van der Waals surface area contributed by atoms with Crippen LogP contribution in [0.25, 0.3) is 11.0 Å². The lowest BCUT2D eigenvalue weighted by molar-refractivity contribution is -0.123. The highest BCUT2D eigenvalue weighted by atomic mass is 35.5. The summed E-state index contributed by atoms with van der Waals surface area (Å²) >= 11 is 12.0. The van der Waals surface area contributed by atoms with Crippen LogP contribution in [0.5, 0.6) is 0 Å². The van der Waals surface area contributed by atoms with Gasteiger partial charge in [0.1, 0.15) is 11.9 Å². The van der Waals surface area contributed by atoms with Crippen LogP contribution in [0.1, 0.15) is 30.0 Å². The fourth-order valence-electron chi connectivity index (χ4n) is 3.31. The third-order valence-corrected chi connectivity index (χ3v) is 5.44. The first-order valence-electron chi connectivity index (χ1n) is 9.73. The number of carbonyl (C=O) groups is 2. The highest BCUT2D eigenvalue weighted by molar-refractivity contribution is 6.36. The fraction of sp³-hybridized carbons (Fsp3) is 0.318. The molecule has 0 saturated carbocycles. The molecule has 1 atom stereocenters. The normalized spacial score (nSPS) is 12.2. The Morgan fingerprint density at radius 3 is 2.57 bits per heavy atom. The van der Waals surface area contributed by atoms with E-state index < -0.39 is 11.9 Å². The molecule has 1 aromatic heterocycles. The molecule has 0 saturated heterocycles. The quantitative estimate of drug-likeness (QED) is 0.570. The highest BCUT2D eigenvalue weighted by Gasteiger charge is 2.25. The van der Waals surface area contributed by atoms with E-state index in [1.165, 1.54) is 6.07 Å². The maximum Gasteiger partial charge on any atom is 0.253 e. The van der Waals surface area contributed by atoms with Crippen molar-refractivity contribution in [2.24, 2.45) is 5.92 Å². The molecule has 6 nitrogen and oxygen atoms in total. The second kappa shape index (κ2) is 9.49. The third kappa shape index (κ3) is 4.94. The number of rotatable bonds is 7. The smallest absolute Gasteiger partial charge is 0.253 e. The van der Waals surface area contributed by atoms with Crippen molar-refractivity contribution in [1.82, 2.24) is 20.2 Å². The van der Waals surface area contributed by atoms with Gasteiger partial charge in [-0.25, -0.2) is 4.98 Å². The molecular weight excluding hydrogens is 423 g/mol. The zero-order valence-corrected chi connectivity index (χ0v) is 18.6. The summed E-state index contributed by atoms with van der Waals surface area (Å²) in [7, 11) is 0. The lowest BCUT2D eigenvalue weighted by Gasteiger charge is -2.22. The second-order valence-electron chi connectivity index (χ2n) is 7.41. The van der Waals surface area contributed by atoms with Crippen molar-refractivity contribution in [3.05, 3.63) is 63.9 Å². The Balaban J connectivity index is 1.64. The molecule has 0 radical (unpaired) electrons. The van der Waals surface area contributed by atoms with Gasteiger partial charge >= 0.3 is 0 Å². The molecule has 0 aliphatic rings. The van der Waals surface area contributed by atoms with Gasteiger partial charge in [-0.3, -0.25) is 9.59 Å². The monoisotopic (exact) mass is 446 g/mol. The number of hydrogen-bond acceptors (Lipinski definition) is 3. The number of aromatic nitrogens is 2. The number of nitrogens with zero attached hydrogens (tertiary/aromatic N) is 2. The Kier molecular flexibility index (Phi) is 7.00. The van der Waals surface area contributed by atoms with E-state index in [9.17, 15) is 9.59 Å². The van der Waals surface area contributed by atoms with Crippen molar-refractivity contribution in [1.29, 1.82) is 0 Å². The van der Waals surface area contributed by atoms with Crippen LogP contribution >= 0.6 is 23.2 Å². The van der Waals surface area contributed by atoms with Crippen LogP contribution in [0.4, 0.5) is 0 Å². The fourth-order valence-corrected chi connectivity index (χ4v) is 3.80. The number of carbonyl (C=O) groups excluding carboxylic acids is 2. The maximum absolute atomic E-state index is 12.8. The zero-order chi connectivity index (χ0) is 21.8. The summed E-state index contributed by atoms with van der Waals surface area (Å²) in [5.41, 5.74) is 2.23. The van der Waals surface area contributed by atoms with E-state index in [0.29, 0.717) is 18.1 Å². The van der Waals surface area contributed by atoms with Crippen LogP contribution in [0.3, 0.4) is 0 Å². The minimum absolute atomic E-state index is 0.101. The summed E-state index contributed by atoms with van der Waals surface area (Å²) in [6, 6.07) is 11.8. The van der Waals surface area contributed by atoms with Crippen molar-refractivity contribution in [3.63, 3.8) is 0 Å². The lowest BCUT2D eigenvalue weighted by Crippen LogP contribution is -2.50. The van der Waals surface area contributed by atoms with Gasteiger partial charge in [0, 0.05) is 18.1 Å². The van der Waals surface area contributed by atoms with E-state index >= 15 is 0 Å². The Bertz CT molecular complexity index is 1080. The number of para-hydroxylation sites is 2. The van der Waals surface area contributed by atoms with Crippen LogP contribution < -0.4 is 10.6 Å². The Hall–Kier alpha value is -2.57. The summed E-state index contributed by atoms with van der Waals surface area (Å²) in [5.74, 6) is 0.125. The molecule has 2 aromatic carbocycles. The number of nitrogens with one attached hydrogen (secondary N) is 2. The van der Waals surface area contributed by atoms with Crippen molar-refractivity contribution in [2.75, 3.05) is 6.54 Å². The molecular formula is C22H24Cl2N4O2. The first-order valence-corrected chi connectivity index (χ1v) is 10.5. The van der Waals surface area contributed by atoms with Crippen molar-refractivity contribution < 1.29 is 9.59 Å². The molecule has 8 heteroatoms. The molecule has 3 rings (SSSR count). The topological polar surface area (TPSA) is 76.0 Å². The van der Waals surface area contributed by atoms with E-state index in [4.69, 9.17) is 23.2 Å². The zero-order valence-electron chi connectivity index (χ0n) is 17.1. The lowest BCUT2D eigenvalue weighted by atomic mass is 10.0. The molecule has 0 fully saturated rings. The molecule has 0 aliphatic heterocycles. The maximum atomic E-state index is 12.8. The van der Waals surface area contributed by atoms with Crippen molar-refractivity contribution >= 4 is 46.0 Å². The van der Waals surface area contributed by atoms with Crippen LogP contribution in [0, 0.1) is 12.8 Å². The molecule has 30 heavy (non-hydrogen) atoms. The highest BCUT2D eigenvalue weighted by Crippen LogP contribution is 2.21. The number of hydrogen-bond donors (Lipinski definition) is 2. The number of aryl methyl sites for hydroxylation is 1. The minimum atomic E-state index is -0.690. The summed E-state index contributed by atoms with van der Waals surface area (Å²) in [6.07, 6.45) is 0. The summed E-state index contributed by atoms with van der Waals surface area (Å²) in [5, 5.41) is 6.38. The van der Waals surface area contributed by atoms with Gasteiger partial charge in [0.25, 0.3) is 5.91 Å². The Labute approximate surface area is 185 Å². The van der Waals surface area contributed by atoms with E-state index in [1.54, 1.807) is 12.1 Å². The number of fused-ring (bicyclic) bond motifs is 1. The molecule has 0 spiro atoms. The molecule has 1 heterocycles. The molecule has 2 amide bonds. The Morgan fingerprint density at radius 2 is 1.87 bits per heavy atom. The summed E-state index contributed by atoms with van der Waals surface area (Å²) in [4.78, 5) is 29.9. The summed E-state index contributed by atoms with van der Waals surface area (Å²) in [6.45, 7) is 6.69. The van der Waals surface area contributed by atoms with Gasteiger partial charge in [0.2, 0.25) is 5.91 Å². The average Bonchev–Trinajstić information content (AvgIpc) is 3.01. The number of amides is 2. The standard InChI is InChI=1S/C22H24Cl2N4O2/c1-13(2)20(27-21(29)16-9-8-15(23)12-17(16)24)22(30)25-10-11-28-14(3)26-18-6-4-5-7-19(18)28/h4-9,12-13,20H,10-11H2,1-3H3,(H,25,30)(H,27,29). The van der Waals surface area contributed by atoms with Crippen LogP contribution in [-0.4, -0.2) is 34.0 Å². The molecule has 0 bridgehead atoms. The molecule has 1 unspecified atom stereocenters. The molecule has 3 aromatic rings. The van der Waals surface area contributed by atoms with Gasteiger partial charge in [-0.15, -0.1) is 0 Å². The average molecular weight is 447 g/mol. The van der Waals surface area contributed by atoms with Crippen molar-refractivity contribution in [3.8, 4) is 0 Å². The van der Waals surface area contributed by atoms with Crippen LogP contribution in [-0.2, 0) is 11.3 Å².